The van der Waals surface area contributed by atoms with Gasteiger partial charge in [-0.25, -0.2) is 4.79 Å². The van der Waals surface area contributed by atoms with E-state index in [4.69, 9.17) is 18.0 Å². The van der Waals surface area contributed by atoms with Gasteiger partial charge in [-0.3, -0.25) is 0 Å². The van der Waals surface area contributed by atoms with E-state index in [1.807, 2.05) is 4.90 Å². The van der Waals surface area contributed by atoms with Crippen LogP contribution in [0.5, 0.6) is 0 Å². The van der Waals surface area contributed by atoms with Crippen LogP contribution in [0, 0.1) is 5.41 Å². The quantitative estimate of drug-likeness (QED) is 0.726. The first-order valence-electron chi connectivity index (χ1n) is 6.56. The molecule has 2 aliphatic rings. The van der Waals surface area contributed by atoms with Gasteiger partial charge in [0.25, 0.3) is 0 Å². The average Bonchev–Trinajstić information content (AvgIpc) is 2.74. The third kappa shape index (κ3) is 2.92. The van der Waals surface area contributed by atoms with E-state index in [0.29, 0.717) is 4.99 Å². The second kappa shape index (κ2) is 5.40. The number of carbonyl (C=O) groups excluding carboxylic acids is 1. The molecular weight excluding hydrogens is 248 g/mol. The van der Waals surface area contributed by atoms with Crippen molar-refractivity contribution in [2.45, 2.75) is 19.8 Å². The number of piperidine rings is 1. The summed E-state index contributed by atoms with van der Waals surface area (Å²) in [6.07, 6.45) is 2.04. The molecule has 2 fully saturated rings. The van der Waals surface area contributed by atoms with E-state index in [1.54, 1.807) is 0 Å². The highest BCUT2D eigenvalue weighted by Gasteiger charge is 2.32. The van der Waals surface area contributed by atoms with Crippen molar-refractivity contribution in [1.82, 2.24) is 15.1 Å². The summed E-state index contributed by atoms with van der Waals surface area (Å²) in [7, 11) is 0. The van der Waals surface area contributed by atoms with E-state index in [0.717, 1.165) is 52.1 Å². The number of hydrogen-bond donors (Lipinski definition) is 2. The number of nitrogens with one attached hydrogen (secondary N) is 1. The Morgan fingerprint density at radius 1 is 1.39 bits per heavy atom. The van der Waals surface area contributed by atoms with E-state index in [2.05, 4.69) is 17.1 Å². The van der Waals surface area contributed by atoms with Crippen LogP contribution in [0.4, 0.5) is 4.79 Å². The minimum atomic E-state index is 0.0247. The molecule has 2 saturated heterocycles. The molecule has 0 aliphatic carbocycles. The third-order valence-corrected chi connectivity index (χ3v) is 4.68. The predicted octanol–water partition coefficient (Wildman–Crippen LogP) is 0.400. The lowest BCUT2D eigenvalue weighted by molar-refractivity contribution is 0.150. The van der Waals surface area contributed by atoms with Gasteiger partial charge in [0.05, 0.1) is 4.99 Å². The zero-order valence-corrected chi connectivity index (χ0v) is 11.8. The Balaban J connectivity index is 1.74. The number of amides is 2. The summed E-state index contributed by atoms with van der Waals surface area (Å²) in [5.41, 5.74) is 5.82. The van der Waals surface area contributed by atoms with Crippen molar-refractivity contribution >= 4 is 23.2 Å². The van der Waals surface area contributed by atoms with Crippen LogP contribution >= 0.6 is 12.2 Å². The number of nitrogens with zero attached hydrogens (tertiary/aromatic N) is 2. The number of thiocarbonyl (C=S) groups is 1. The third-order valence-electron chi connectivity index (χ3n) is 4.19. The van der Waals surface area contributed by atoms with E-state index in [9.17, 15) is 4.79 Å². The van der Waals surface area contributed by atoms with Crippen molar-refractivity contribution in [2.75, 3.05) is 39.3 Å². The predicted molar refractivity (Wildman–Crippen MR) is 75.5 cm³/mol. The van der Waals surface area contributed by atoms with Crippen molar-refractivity contribution in [3.63, 3.8) is 0 Å². The summed E-state index contributed by atoms with van der Waals surface area (Å²) in [5, 5.41) is 2.82. The molecule has 0 saturated carbocycles. The topological polar surface area (TPSA) is 61.6 Å². The molecular formula is C12H22N4OS. The molecule has 0 aromatic rings. The molecule has 3 N–H and O–H groups in total. The standard InChI is InChI=1S/C12H22N4OS/c1-12(10(13)18)2-5-15(6-3-12)8-9-16-7-4-14-11(16)17/h2-9H2,1H3,(H2,13,18)(H,14,17). The fraction of sp³-hybridized carbons (Fsp3) is 0.833. The van der Waals surface area contributed by atoms with E-state index >= 15 is 0 Å². The number of likely N-dealkylation sites (tertiary alicyclic amines) is 1. The Hall–Kier alpha value is -0.880. The SMILES string of the molecule is CC1(C(N)=S)CCN(CCN2CCNC2=O)CC1. The van der Waals surface area contributed by atoms with Crippen LogP contribution in [0.15, 0.2) is 0 Å². The lowest BCUT2D eigenvalue weighted by Crippen LogP contribution is -2.46. The van der Waals surface area contributed by atoms with Gasteiger partial charge < -0.3 is 20.9 Å². The van der Waals surface area contributed by atoms with Crippen LogP contribution in [0.2, 0.25) is 0 Å². The van der Waals surface area contributed by atoms with Crippen LogP contribution in [0.3, 0.4) is 0 Å². The highest BCUT2D eigenvalue weighted by Crippen LogP contribution is 2.30. The lowest BCUT2D eigenvalue weighted by atomic mass is 9.80. The van der Waals surface area contributed by atoms with Crippen LogP contribution in [0.25, 0.3) is 0 Å². The Bertz CT molecular complexity index is 339. The van der Waals surface area contributed by atoms with Crippen molar-refractivity contribution in [1.29, 1.82) is 0 Å². The molecule has 0 atom stereocenters. The molecule has 0 aromatic carbocycles. The molecule has 0 bridgehead atoms. The number of carbonyl (C=O) groups is 1. The van der Waals surface area contributed by atoms with Gasteiger partial charge in [-0.05, 0) is 25.9 Å². The highest BCUT2D eigenvalue weighted by molar-refractivity contribution is 7.80. The summed E-state index contributed by atoms with van der Waals surface area (Å²) in [4.78, 5) is 16.3. The number of nitrogens with two attached hydrogens (primary N) is 1. The van der Waals surface area contributed by atoms with Gasteiger partial charge >= 0.3 is 6.03 Å². The Labute approximate surface area is 114 Å². The van der Waals surface area contributed by atoms with Crippen LogP contribution in [-0.2, 0) is 0 Å². The summed E-state index contributed by atoms with van der Waals surface area (Å²) in [6, 6.07) is 0.0694. The number of hydrogen-bond acceptors (Lipinski definition) is 3. The van der Waals surface area contributed by atoms with Crippen molar-refractivity contribution in [3.8, 4) is 0 Å². The summed E-state index contributed by atoms with van der Waals surface area (Å²) in [6.45, 7) is 7.55. The first-order valence-corrected chi connectivity index (χ1v) is 6.97. The second-order valence-electron chi connectivity index (χ2n) is 5.49. The molecule has 2 amide bonds. The molecule has 2 rings (SSSR count). The van der Waals surface area contributed by atoms with Crippen molar-refractivity contribution in [3.05, 3.63) is 0 Å². The fourth-order valence-corrected chi connectivity index (χ4v) is 2.71. The van der Waals surface area contributed by atoms with Gasteiger partial charge in [-0.2, -0.15) is 0 Å². The van der Waals surface area contributed by atoms with E-state index < -0.39 is 0 Å². The molecule has 102 valence electrons. The minimum Gasteiger partial charge on any atom is -0.393 e. The maximum atomic E-state index is 11.4. The van der Waals surface area contributed by atoms with E-state index in [1.165, 1.54) is 0 Å². The largest absolute Gasteiger partial charge is 0.393 e. The number of urea groups is 1. The van der Waals surface area contributed by atoms with Gasteiger partial charge in [0, 0.05) is 31.6 Å². The summed E-state index contributed by atoms with van der Waals surface area (Å²) < 4.78 is 0. The van der Waals surface area contributed by atoms with Gasteiger partial charge in [0.15, 0.2) is 0 Å². The first kappa shape index (κ1) is 13.5. The molecule has 6 heteroatoms. The first-order chi connectivity index (χ1) is 8.51. The molecule has 18 heavy (non-hydrogen) atoms. The summed E-state index contributed by atoms with van der Waals surface area (Å²) >= 11 is 5.13. The van der Waals surface area contributed by atoms with Crippen molar-refractivity contribution in [2.24, 2.45) is 11.1 Å². The normalized spacial score (nSPS) is 24.1. The van der Waals surface area contributed by atoms with Crippen LogP contribution < -0.4 is 11.1 Å². The van der Waals surface area contributed by atoms with E-state index in [-0.39, 0.29) is 11.4 Å². The molecule has 2 heterocycles. The zero-order valence-electron chi connectivity index (χ0n) is 10.9. The molecule has 0 radical (unpaired) electrons. The van der Waals surface area contributed by atoms with Crippen molar-refractivity contribution < 1.29 is 4.79 Å². The molecule has 2 aliphatic heterocycles. The monoisotopic (exact) mass is 270 g/mol. The molecule has 0 unspecified atom stereocenters. The highest BCUT2D eigenvalue weighted by atomic mass is 32.1. The van der Waals surface area contributed by atoms with Crippen LogP contribution in [-0.4, -0.2) is 60.1 Å². The maximum Gasteiger partial charge on any atom is 0.317 e. The molecule has 0 aromatic heterocycles. The Morgan fingerprint density at radius 2 is 2.06 bits per heavy atom. The van der Waals surface area contributed by atoms with Gasteiger partial charge in [0.2, 0.25) is 0 Å². The average molecular weight is 270 g/mol. The van der Waals surface area contributed by atoms with Gasteiger partial charge in [-0.1, -0.05) is 19.1 Å². The number of rotatable bonds is 4. The lowest BCUT2D eigenvalue weighted by Gasteiger charge is -2.39. The maximum absolute atomic E-state index is 11.4. The summed E-state index contributed by atoms with van der Waals surface area (Å²) in [5.74, 6) is 0. The Morgan fingerprint density at radius 3 is 2.56 bits per heavy atom. The smallest absolute Gasteiger partial charge is 0.317 e. The van der Waals surface area contributed by atoms with Gasteiger partial charge in [0.1, 0.15) is 0 Å². The molecule has 5 nitrogen and oxygen atoms in total. The Kier molecular flexibility index (Phi) is 4.07. The van der Waals surface area contributed by atoms with Crippen LogP contribution in [0.1, 0.15) is 19.8 Å². The molecule has 0 spiro atoms. The minimum absolute atomic E-state index is 0.0247. The second-order valence-corrected chi connectivity index (χ2v) is 5.93. The van der Waals surface area contributed by atoms with Gasteiger partial charge in [-0.15, -0.1) is 0 Å². The zero-order chi connectivity index (χ0) is 13.2. The fourth-order valence-electron chi connectivity index (χ4n) is 2.50.